The summed E-state index contributed by atoms with van der Waals surface area (Å²) >= 11 is 34.0. The van der Waals surface area contributed by atoms with E-state index in [2.05, 4.69) is 26.6 Å². The lowest BCUT2D eigenvalue weighted by molar-refractivity contribution is 0.0967. The second-order valence-corrected chi connectivity index (χ2v) is 9.67. The number of nitrogens with one attached hydrogen (secondary N) is 2. The van der Waals surface area contributed by atoms with Crippen LogP contribution >= 0.6 is 73.9 Å². The van der Waals surface area contributed by atoms with Gasteiger partial charge in [0.15, 0.2) is 0 Å². The molecule has 0 spiro atoms. The van der Waals surface area contributed by atoms with Crippen LogP contribution < -0.4 is 15.4 Å². The maximum absolute atomic E-state index is 12.5. The van der Waals surface area contributed by atoms with E-state index in [9.17, 15) is 9.59 Å². The number of benzene rings is 3. The standard InChI is InChI=1S/C22H14BrCl5N2O3/c1-9-6-17(33-16-8-15(27)14(26)7-11(16)23)19(28)10(2)20(9)29-22(32)30-21(31)18-12(24)4-3-5-13(18)25/h3-8H,1-2H3,(H2,29,30,31,32). The van der Waals surface area contributed by atoms with Crippen molar-refractivity contribution in [1.29, 1.82) is 0 Å². The van der Waals surface area contributed by atoms with E-state index in [4.69, 9.17) is 62.7 Å². The Balaban J connectivity index is 1.82. The van der Waals surface area contributed by atoms with Crippen molar-refractivity contribution >= 4 is 91.6 Å². The zero-order valence-electron chi connectivity index (χ0n) is 17.0. The molecular weight excluding hydrogens is 597 g/mol. The van der Waals surface area contributed by atoms with Crippen molar-refractivity contribution in [2.24, 2.45) is 0 Å². The van der Waals surface area contributed by atoms with E-state index in [1.165, 1.54) is 12.1 Å². The first-order valence-corrected chi connectivity index (χ1v) is 11.9. The number of aryl methyl sites for hydroxylation is 1. The Morgan fingerprint density at radius 3 is 2.12 bits per heavy atom. The fourth-order valence-corrected chi connectivity index (χ4v) is 4.55. The van der Waals surface area contributed by atoms with Crippen molar-refractivity contribution in [2.45, 2.75) is 13.8 Å². The smallest absolute Gasteiger partial charge is 0.326 e. The SMILES string of the molecule is Cc1cc(Oc2cc(Cl)c(Cl)cc2Br)c(Cl)c(C)c1NC(=O)NC(=O)c1c(Cl)cccc1Cl. The largest absolute Gasteiger partial charge is 0.455 e. The number of hydrogen-bond donors (Lipinski definition) is 2. The minimum absolute atomic E-state index is 0.00147. The number of hydrogen-bond acceptors (Lipinski definition) is 3. The van der Waals surface area contributed by atoms with Crippen molar-refractivity contribution in [2.75, 3.05) is 5.32 Å². The van der Waals surface area contributed by atoms with E-state index in [1.54, 1.807) is 38.1 Å². The number of carbonyl (C=O) groups excluding carboxylic acids is 2. The van der Waals surface area contributed by atoms with Crippen LogP contribution in [0.25, 0.3) is 0 Å². The minimum atomic E-state index is -0.779. The number of imide groups is 1. The number of ether oxygens (including phenoxy) is 1. The zero-order valence-corrected chi connectivity index (χ0v) is 22.3. The zero-order chi connectivity index (χ0) is 24.4. The molecular formula is C22H14BrCl5N2O3. The Bertz CT molecular complexity index is 1260. The number of halogens is 6. The van der Waals surface area contributed by atoms with E-state index in [1.807, 2.05) is 0 Å². The Hall–Kier alpha value is -1.67. The van der Waals surface area contributed by atoms with Crippen LogP contribution in [0.2, 0.25) is 25.1 Å². The van der Waals surface area contributed by atoms with Gasteiger partial charge in [-0.2, -0.15) is 0 Å². The molecule has 0 atom stereocenters. The number of anilines is 1. The maximum atomic E-state index is 12.5. The summed E-state index contributed by atoms with van der Waals surface area (Å²) in [6, 6.07) is 8.62. The predicted molar refractivity (Wildman–Crippen MR) is 138 cm³/mol. The van der Waals surface area contributed by atoms with E-state index in [-0.39, 0.29) is 20.6 Å². The summed E-state index contributed by atoms with van der Waals surface area (Å²) in [5.74, 6) is 0.00957. The molecule has 3 rings (SSSR count). The lowest BCUT2D eigenvalue weighted by Gasteiger charge is -2.17. The van der Waals surface area contributed by atoms with Crippen LogP contribution in [0.15, 0.2) is 40.9 Å². The summed E-state index contributed by atoms with van der Waals surface area (Å²) in [6.45, 7) is 3.46. The van der Waals surface area contributed by atoms with Crippen LogP contribution in [-0.4, -0.2) is 11.9 Å². The van der Waals surface area contributed by atoms with Crippen LogP contribution in [0.4, 0.5) is 10.5 Å². The topological polar surface area (TPSA) is 67.4 Å². The van der Waals surface area contributed by atoms with Gasteiger partial charge in [0.2, 0.25) is 0 Å². The Morgan fingerprint density at radius 1 is 0.879 bits per heavy atom. The van der Waals surface area contributed by atoms with Crippen molar-refractivity contribution in [1.82, 2.24) is 5.32 Å². The van der Waals surface area contributed by atoms with E-state index >= 15 is 0 Å². The highest BCUT2D eigenvalue weighted by Crippen LogP contribution is 2.42. The number of amides is 3. The molecule has 0 fully saturated rings. The summed E-state index contributed by atoms with van der Waals surface area (Å²) in [5.41, 5.74) is 1.58. The van der Waals surface area contributed by atoms with Gasteiger partial charge in [-0.3, -0.25) is 10.1 Å². The van der Waals surface area contributed by atoms with Gasteiger partial charge in [0.05, 0.1) is 35.1 Å². The summed E-state index contributed by atoms with van der Waals surface area (Å²) in [4.78, 5) is 24.9. The molecule has 0 aliphatic rings. The average Bonchev–Trinajstić information content (AvgIpc) is 2.73. The molecule has 0 saturated carbocycles. The lowest BCUT2D eigenvalue weighted by Crippen LogP contribution is -2.35. The highest BCUT2D eigenvalue weighted by atomic mass is 79.9. The van der Waals surface area contributed by atoms with Crippen LogP contribution in [0.5, 0.6) is 11.5 Å². The van der Waals surface area contributed by atoms with Gasteiger partial charge < -0.3 is 10.1 Å². The molecule has 0 unspecified atom stereocenters. The summed E-state index contributed by atoms with van der Waals surface area (Å²) in [7, 11) is 0. The number of rotatable bonds is 4. The second-order valence-electron chi connectivity index (χ2n) is 6.81. The van der Waals surface area contributed by atoms with E-state index in [0.717, 1.165) is 0 Å². The van der Waals surface area contributed by atoms with Gasteiger partial charge in [0, 0.05) is 11.8 Å². The van der Waals surface area contributed by atoms with Crippen molar-refractivity contribution < 1.29 is 14.3 Å². The van der Waals surface area contributed by atoms with Gasteiger partial charge in [0.1, 0.15) is 11.5 Å². The summed E-state index contributed by atoms with van der Waals surface area (Å²) in [5, 5.41) is 6.03. The van der Waals surface area contributed by atoms with Crippen LogP contribution in [-0.2, 0) is 0 Å². The lowest BCUT2D eigenvalue weighted by atomic mass is 10.1. The van der Waals surface area contributed by atoms with Gasteiger partial charge in [-0.25, -0.2) is 4.79 Å². The third-order valence-corrected chi connectivity index (χ3v) is 6.95. The fraction of sp³-hybridized carbons (Fsp3) is 0.0909. The molecule has 3 aromatic carbocycles. The van der Waals surface area contributed by atoms with Gasteiger partial charge in [0.25, 0.3) is 5.91 Å². The third-order valence-electron chi connectivity index (χ3n) is 4.51. The number of urea groups is 1. The average molecular weight is 612 g/mol. The molecule has 3 aromatic rings. The predicted octanol–water partition coefficient (Wildman–Crippen LogP) is 9.09. The molecule has 5 nitrogen and oxygen atoms in total. The van der Waals surface area contributed by atoms with Crippen LogP contribution in [0.3, 0.4) is 0 Å². The molecule has 33 heavy (non-hydrogen) atoms. The molecule has 0 aromatic heterocycles. The van der Waals surface area contributed by atoms with Gasteiger partial charge in [-0.1, -0.05) is 64.1 Å². The highest BCUT2D eigenvalue weighted by Gasteiger charge is 2.20. The minimum Gasteiger partial charge on any atom is -0.455 e. The van der Waals surface area contributed by atoms with Gasteiger partial charge in [-0.05, 0) is 65.2 Å². The third kappa shape index (κ3) is 5.88. The first-order valence-electron chi connectivity index (χ1n) is 9.18. The molecule has 0 bridgehead atoms. The number of carbonyl (C=O) groups is 2. The molecule has 0 aliphatic heterocycles. The maximum Gasteiger partial charge on any atom is 0.326 e. The molecule has 11 heteroatoms. The van der Waals surface area contributed by atoms with Crippen molar-refractivity contribution in [3.8, 4) is 11.5 Å². The van der Waals surface area contributed by atoms with Crippen molar-refractivity contribution in [3.05, 3.63) is 82.7 Å². The van der Waals surface area contributed by atoms with Crippen LogP contribution in [0, 0.1) is 13.8 Å². The quantitative estimate of drug-likeness (QED) is 0.289. The molecule has 0 aliphatic carbocycles. The van der Waals surface area contributed by atoms with E-state index < -0.39 is 11.9 Å². The van der Waals surface area contributed by atoms with E-state index in [0.29, 0.717) is 42.8 Å². The van der Waals surface area contributed by atoms with Gasteiger partial charge >= 0.3 is 6.03 Å². The molecule has 2 N–H and O–H groups in total. The fourth-order valence-electron chi connectivity index (χ4n) is 2.92. The summed E-state index contributed by atoms with van der Waals surface area (Å²) < 4.78 is 6.50. The monoisotopic (exact) mass is 608 g/mol. The molecule has 0 radical (unpaired) electrons. The Morgan fingerprint density at radius 2 is 1.48 bits per heavy atom. The molecule has 3 amide bonds. The molecule has 0 heterocycles. The second kappa shape index (κ2) is 10.7. The van der Waals surface area contributed by atoms with Crippen LogP contribution in [0.1, 0.15) is 21.5 Å². The first kappa shape index (κ1) is 25.9. The Kier molecular flexibility index (Phi) is 8.43. The molecule has 0 saturated heterocycles. The van der Waals surface area contributed by atoms with Gasteiger partial charge in [-0.15, -0.1) is 0 Å². The highest BCUT2D eigenvalue weighted by molar-refractivity contribution is 9.10. The summed E-state index contributed by atoms with van der Waals surface area (Å²) in [6.07, 6.45) is 0. The normalized spacial score (nSPS) is 10.7. The Labute approximate surface area is 223 Å². The van der Waals surface area contributed by atoms with Crippen molar-refractivity contribution in [3.63, 3.8) is 0 Å². The molecule has 172 valence electrons. The first-order chi connectivity index (χ1) is 15.5.